The van der Waals surface area contributed by atoms with Gasteiger partial charge < -0.3 is 9.73 Å². The Morgan fingerprint density at radius 2 is 2.04 bits per heavy atom. The van der Waals surface area contributed by atoms with Crippen molar-refractivity contribution < 1.29 is 13.2 Å². The zero-order valence-electron chi connectivity index (χ0n) is 15.3. The number of hydrogen-bond donors (Lipinski definition) is 1. The maximum atomic E-state index is 13.3. The molecule has 1 aliphatic rings. The first-order valence-electron chi connectivity index (χ1n) is 9.18. The van der Waals surface area contributed by atoms with E-state index in [4.69, 9.17) is 4.42 Å². The van der Waals surface area contributed by atoms with Crippen LogP contribution in [0.3, 0.4) is 0 Å². The van der Waals surface area contributed by atoms with Crippen molar-refractivity contribution in [2.24, 2.45) is 0 Å². The Balaban J connectivity index is 1.39. The minimum atomic E-state index is -2.56. The van der Waals surface area contributed by atoms with E-state index in [0.29, 0.717) is 31.3 Å². The van der Waals surface area contributed by atoms with Gasteiger partial charge in [0.1, 0.15) is 0 Å². The predicted octanol–water partition coefficient (Wildman–Crippen LogP) is 4.30. The van der Waals surface area contributed by atoms with Crippen molar-refractivity contribution in [1.82, 2.24) is 25.0 Å². The first kappa shape index (κ1) is 17.8. The van der Waals surface area contributed by atoms with Crippen LogP contribution in [0.25, 0.3) is 11.0 Å². The number of pyridine rings is 1. The normalized spacial score (nSPS) is 17.7. The molecule has 0 spiro atoms. The second-order valence-corrected chi connectivity index (χ2v) is 7.37. The van der Waals surface area contributed by atoms with Crippen LogP contribution in [-0.4, -0.2) is 30.9 Å². The van der Waals surface area contributed by atoms with Gasteiger partial charge in [-0.2, -0.15) is 5.10 Å². The summed E-state index contributed by atoms with van der Waals surface area (Å²) in [6, 6.07) is 2.55. The van der Waals surface area contributed by atoms with Gasteiger partial charge in [-0.3, -0.25) is 0 Å². The molecule has 1 N–H and O–H groups in total. The smallest absolute Gasteiger partial charge is 0.315 e. The van der Waals surface area contributed by atoms with Crippen LogP contribution < -0.4 is 5.32 Å². The molecule has 0 bridgehead atoms. The highest BCUT2D eigenvalue weighted by Gasteiger charge is 2.37. The van der Waals surface area contributed by atoms with Gasteiger partial charge in [-0.25, -0.2) is 18.4 Å². The number of hydrogen-bond acceptors (Lipinski definition) is 6. The number of alkyl halides is 2. The quantitative estimate of drug-likeness (QED) is 0.715. The van der Waals surface area contributed by atoms with Crippen molar-refractivity contribution in [3.05, 3.63) is 29.9 Å². The molecule has 1 saturated carbocycles. The average molecular weight is 376 g/mol. The molecule has 0 amide bonds. The summed E-state index contributed by atoms with van der Waals surface area (Å²) in [4.78, 5) is 4.49. The van der Waals surface area contributed by atoms with Crippen LogP contribution in [-0.2, 0) is 6.54 Å². The Kier molecular flexibility index (Phi) is 4.53. The van der Waals surface area contributed by atoms with Crippen LogP contribution in [0.4, 0.5) is 14.8 Å². The lowest BCUT2D eigenvalue weighted by molar-refractivity contribution is -0.0398. The Hall–Kier alpha value is -2.58. The molecule has 1 aliphatic carbocycles. The molecule has 1 fully saturated rings. The van der Waals surface area contributed by atoms with E-state index in [1.165, 1.54) is 0 Å². The van der Waals surface area contributed by atoms with Gasteiger partial charge in [0.2, 0.25) is 11.8 Å². The van der Waals surface area contributed by atoms with Crippen LogP contribution in [0.15, 0.2) is 22.9 Å². The van der Waals surface area contributed by atoms with Crippen molar-refractivity contribution >= 4 is 17.0 Å². The molecular formula is C18H22F2N6O. The largest absolute Gasteiger partial charge is 0.408 e. The van der Waals surface area contributed by atoms with Gasteiger partial charge >= 0.3 is 6.01 Å². The van der Waals surface area contributed by atoms with Gasteiger partial charge in [-0.1, -0.05) is 5.10 Å². The number of nitrogens with zero attached hydrogens (tertiary/aromatic N) is 5. The van der Waals surface area contributed by atoms with Crippen LogP contribution in [0, 0.1) is 0 Å². The lowest BCUT2D eigenvalue weighted by Gasteiger charge is -2.25. The highest BCUT2D eigenvalue weighted by Crippen LogP contribution is 2.40. The number of nitrogens with one attached hydrogen (secondary N) is 1. The lowest BCUT2D eigenvalue weighted by Crippen LogP contribution is -2.23. The molecule has 9 heteroatoms. The molecule has 7 nitrogen and oxygen atoms in total. The molecule has 0 unspecified atom stereocenters. The Morgan fingerprint density at radius 3 is 2.78 bits per heavy atom. The van der Waals surface area contributed by atoms with Crippen molar-refractivity contribution in [2.75, 3.05) is 5.32 Å². The third-order valence-electron chi connectivity index (χ3n) is 4.93. The summed E-state index contributed by atoms with van der Waals surface area (Å²) >= 11 is 0. The van der Waals surface area contributed by atoms with Gasteiger partial charge in [0.15, 0.2) is 5.65 Å². The molecule has 3 heterocycles. The number of rotatable bonds is 5. The van der Waals surface area contributed by atoms with E-state index in [-0.39, 0.29) is 24.8 Å². The standard InChI is InChI=1S/C18H22F2N6O/c1-11(2)26-15-14(10-23-26)7-12(8-21-15)9-22-17-25-24-16(27-17)13-3-5-18(19,20)6-4-13/h7-8,10-11,13H,3-6,9H2,1-2H3,(H,22,25). The zero-order chi connectivity index (χ0) is 19.0. The Labute approximate surface area is 155 Å². The van der Waals surface area contributed by atoms with Gasteiger partial charge in [0.25, 0.3) is 0 Å². The van der Waals surface area contributed by atoms with E-state index in [2.05, 4.69) is 39.4 Å². The van der Waals surface area contributed by atoms with Crippen LogP contribution in [0.5, 0.6) is 0 Å². The molecule has 0 atom stereocenters. The highest BCUT2D eigenvalue weighted by atomic mass is 19.3. The molecule has 0 saturated heterocycles. The van der Waals surface area contributed by atoms with Gasteiger partial charge in [0.05, 0.1) is 6.20 Å². The summed E-state index contributed by atoms with van der Waals surface area (Å²) in [6.45, 7) is 4.59. The summed E-state index contributed by atoms with van der Waals surface area (Å²) in [5.74, 6) is -2.22. The van der Waals surface area contributed by atoms with Crippen LogP contribution in [0.2, 0.25) is 0 Å². The van der Waals surface area contributed by atoms with E-state index in [1.54, 1.807) is 12.4 Å². The summed E-state index contributed by atoms with van der Waals surface area (Å²) in [7, 11) is 0. The molecular weight excluding hydrogens is 354 g/mol. The molecule has 3 aromatic rings. The van der Waals surface area contributed by atoms with Crippen molar-refractivity contribution in [2.45, 2.75) is 64.0 Å². The summed E-state index contributed by atoms with van der Waals surface area (Å²) in [5, 5.41) is 16.4. The maximum absolute atomic E-state index is 13.3. The fourth-order valence-electron chi connectivity index (χ4n) is 3.40. The summed E-state index contributed by atoms with van der Waals surface area (Å²) < 4.78 is 34.0. The molecule has 144 valence electrons. The SMILES string of the molecule is CC(C)n1ncc2cc(CNc3nnc(C4CCC(F)(F)CC4)o3)cnc21. The number of halogens is 2. The maximum Gasteiger partial charge on any atom is 0.315 e. The highest BCUT2D eigenvalue weighted by molar-refractivity contribution is 5.75. The van der Waals surface area contributed by atoms with E-state index in [9.17, 15) is 8.78 Å². The van der Waals surface area contributed by atoms with E-state index >= 15 is 0 Å². The molecule has 27 heavy (non-hydrogen) atoms. The molecule has 4 rings (SSSR count). The number of fused-ring (bicyclic) bond motifs is 1. The second-order valence-electron chi connectivity index (χ2n) is 7.37. The van der Waals surface area contributed by atoms with Gasteiger partial charge in [-0.05, 0) is 38.3 Å². The van der Waals surface area contributed by atoms with Gasteiger partial charge in [0, 0.05) is 42.9 Å². The second kappa shape index (κ2) is 6.86. The first-order chi connectivity index (χ1) is 12.9. The molecule has 3 aromatic heterocycles. The van der Waals surface area contributed by atoms with Crippen molar-refractivity contribution in [3.8, 4) is 0 Å². The summed E-state index contributed by atoms with van der Waals surface area (Å²) in [6.07, 6.45) is 4.08. The third-order valence-corrected chi connectivity index (χ3v) is 4.93. The zero-order valence-corrected chi connectivity index (χ0v) is 15.3. The fourth-order valence-corrected chi connectivity index (χ4v) is 3.40. The third kappa shape index (κ3) is 3.77. The minimum absolute atomic E-state index is 0.0902. The number of aromatic nitrogens is 5. The van der Waals surface area contributed by atoms with E-state index in [1.807, 2.05) is 10.7 Å². The average Bonchev–Trinajstić information content (AvgIpc) is 3.26. The first-order valence-corrected chi connectivity index (χ1v) is 9.18. The monoisotopic (exact) mass is 376 g/mol. The molecule has 0 aliphatic heterocycles. The lowest BCUT2D eigenvalue weighted by atomic mass is 9.87. The summed E-state index contributed by atoms with van der Waals surface area (Å²) in [5.41, 5.74) is 1.81. The topological polar surface area (TPSA) is 81.7 Å². The fraction of sp³-hybridized carbons (Fsp3) is 0.556. The molecule has 0 aromatic carbocycles. The van der Waals surface area contributed by atoms with Crippen LogP contribution >= 0.6 is 0 Å². The Morgan fingerprint density at radius 1 is 1.26 bits per heavy atom. The number of anilines is 1. The molecule has 0 radical (unpaired) electrons. The van der Waals surface area contributed by atoms with Crippen molar-refractivity contribution in [3.63, 3.8) is 0 Å². The van der Waals surface area contributed by atoms with E-state index < -0.39 is 5.92 Å². The minimum Gasteiger partial charge on any atom is -0.408 e. The predicted molar refractivity (Wildman–Crippen MR) is 95.7 cm³/mol. The van der Waals surface area contributed by atoms with Crippen molar-refractivity contribution in [1.29, 1.82) is 0 Å². The van der Waals surface area contributed by atoms with Crippen LogP contribution in [0.1, 0.15) is 62.9 Å². The van der Waals surface area contributed by atoms with E-state index in [0.717, 1.165) is 16.6 Å². The van der Waals surface area contributed by atoms with Gasteiger partial charge in [-0.15, -0.1) is 5.10 Å². The Bertz CT molecular complexity index is 925.